The van der Waals surface area contributed by atoms with Crippen LogP contribution in [0, 0.1) is 0 Å². The van der Waals surface area contributed by atoms with Crippen molar-refractivity contribution in [1.29, 1.82) is 0 Å². The predicted molar refractivity (Wildman–Crippen MR) is 97.2 cm³/mol. The Balaban J connectivity index is 0.00000264. The molecule has 0 fully saturated rings. The third-order valence-corrected chi connectivity index (χ3v) is 3.48. The van der Waals surface area contributed by atoms with E-state index in [2.05, 4.69) is 26.1 Å². The Bertz CT molecular complexity index is 676. The average Bonchev–Trinajstić information content (AvgIpc) is 2.42. The van der Waals surface area contributed by atoms with Crippen LogP contribution in [0.3, 0.4) is 0 Å². The molecule has 2 aromatic rings. The lowest BCUT2D eigenvalue weighted by molar-refractivity contribution is -0.115. The quantitative estimate of drug-likeness (QED) is 0.589. The molecule has 0 aliphatic carbocycles. The number of nitrogens with two attached hydrogens (primary N) is 1. The van der Waals surface area contributed by atoms with E-state index in [9.17, 15) is 9.90 Å². The highest BCUT2D eigenvalue weighted by Gasteiger charge is 2.16. The molecule has 0 spiro atoms. The van der Waals surface area contributed by atoms with Crippen molar-refractivity contribution >= 4 is 29.7 Å². The third kappa shape index (κ3) is 5.18. The number of benzene rings is 2. The Morgan fingerprint density at radius 3 is 2.30 bits per heavy atom. The SMILES string of the molecule is CC(C)(C)c1ccc(O)c(NC(=O)Cc2ccc(N)cc2)c1.Cl. The first-order valence-electron chi connectivity index (χ1n) is 7.23. The number of phenols is 1. The summed E-state index contributed by atoms with van der Waals surface area (Å²) in [6.07, 6.45) is 0.236. The fourth-order valence-electron chi connectivity index (χ4n) is 2.12. The molecule has 0 heterocycles. The van der Waals surface area contributed by atoms with Crippen molar-refractivity contribution in [1.82, 2.24) is 0 Å². The maximum Gasteiger partial charge on any atom is 0.228 e. The van der Waals surface area contributed by atoms with Gasteiger partial charge in [0.15, 0.2) is 0 Å². The molecule has 124 valence electrons. The molecule has 0 saturated heterocycles. The second-order valence-corrected chi connectivity index (χ2v) is 6.45. The number of amides is 1. The van der Waals surface area contributed by atoms with Crippen LogP contribution in [0.1, 0.15) is 31.9 Å². The molecule has 4 N–H and O–H groups in total. The minimum Gasteiger partial charge on any atom is -0.506 e. The summed E-state index contributed by atoms with van der Waals surface area (Å²) < 4.78 is 0. The average molecular weight is 335 g/mol. The first-order chi connectivity index (χ1) is 10.3. The number of carbonyl (C=O) groups excluding carboxylic acids is 1. The molecule has 2 rings (SSSR count). The molecule has 0 aromatic heterocycles. The van der Waals surface area contributed by atoms with E-state index in [1.807, 2.05) is 24.3 Å². The number of phenolic OH excluding ortho intramolecular Hbond substituents is 1. The Kier molecular flexibility index (Phi) is 6.05. The number of anilines is 2. The third-order valence-electron chi connectivity index (χ3n) is 3.48. The van der Waals surface area contributed by atoms with Crippen LogP contribution in [0.4, 0.5) is 11.4 Å². The van der Waals surface area contributed by atoms with Crippen molar-refractivity contribution in [3.8, 4) is 5.75 Å². The largest absolute Gasteiger partial charge is 0.506 e. The second-order valence-electron chi connectivity index (χ2n) is 6.45. The number of nitrogen functional groups attached to an aromatic ring is 1. The van der Waals surface area contributed by atoms with Crippen molar-refractivity contribution in [2.24, 2.45) is 0 Å². The van der Waals surface area contributed by atoms with Gasteiger partial charge in [0.25, 0.3) is 0 Å². The molecule has 0 aliphatic rings. The molecule has 0 atom stereocenters. The minimum atomic E-state index is -0.175. The van der Waals surface area contributed by atoms with E-state index in [1.165, 1.54) is 0 Å². The van der Waals surface area contributed by atoms with Crippen molar-refractivity contribution in [2.45, 2.75) is 32.6 Å². The fraction of sp³-hybridized carbons (Fsp3) is 0.278. The standard InChI is InChI=1S/C18H22N2O2.ClH/c1-18(2,3)13-6-9-16(21)15(11-13)20-17(22)10-12-4-7-14(19)8-5-12;/h4-9,11,21H,10,19H2,1-3H3,(H,20,22);1H. The maximum atomic E-state index is 12.1. The van der Waals surface area contributed by atoms with E-state index >= 15 is 0 Å². The number of hydrogen-bond donors (Lipinski definition) is 3. The van der Waals surface area contributed by atoms with Crippen LogP contribution in [-0.4, -0.2) is 11.0 Å². The Hall–Kier alpha value is -2.20. The van der Waals surface area contributed by atoms with E-state index in [4.69, 9.17) is 5.73 Å². The molecule has 0 saturated carbocycles. The number of carbonyl (C=O) groups is 1. The number of halogens is 1. The topological polar surface area (TPSA) is 75.3 Å². The molecule has 0 radical (unpaired) electrons. The normalized spacial score (nSPS) is 10.7. The molecule has 1 amide bonds. The summed E-state index contributed by atoms with van der Waals surface area (Å²) in [4.78, 5) is 12.1. The van der Waals surface area contributed by atoms with Gasteiger partial charge in [0, 0.05) is 5.69 Å². The Morgan fingerprint density at radius 1 is 1.13 bits per heavy atom. The summed E-state index contributed by atoms with van der Waals surface area (Å²) in [7, 11) is 0. The van der Waals surface area contributed by atoms with Gasteiger partial charge < -0.3 is 16.2 Å². The van der Waals surface area contributed by atoms with E-state index < -0.39 is 0 Å². The smallest absolute Gasteiger partial charge is 0.228 e. The highest BCUT2D eigenvalue weighted by atomic mass is 35.5. The van der Waals surface area contributed by atoms with Gasteiger partial charge in [-0.3, -0.25) is 4.79 Å². The summed E-state index contributed by atoms with van der Waals surface area (Å²) in [5.74, 6) is -0.107. The Labute approximate surface area is 143 Å². The van der Waals surface area contributed by atoms with Gasteiger partial charge in [-0.15, -0.1) is 12.4 Å². The highest BCUT2D eigenvalue weighted by molar-refractivity contribution is 5.93. The van der Waals surface area contributed by atoms with E-state index in [1.54, 1.807) is 18.2 Å². The summed E-state index contributed by atoms with van der Waals surface area (Å²) in [6, 6.07) is 12.5. The lowest BCUT2D eigenvalue weighted by atomic mass is 9.87. The first-order valence-corrected chi connectivity index (χ1v) is 7.23. The number of hydrogen-bond acceptors (Lipinski definition) is 3. The van der Waals surface area contributed by atoms with Gasteiger partial charge in [0.1, 0.15) is 5.75 Å². The zero-order chi connectivity index (χ0) is 16.3. The van der Waals surface area contributed by atoms with Crippen LogP contribution in [0.25, 0.3) is 0 Å². The van der Waals surface area contributed by atoms with Gasteiger partial charge >= 0.3 is 0 Å². The van der Waals surface area contributed by atoms with Crippen molar-refractivity contribution < 1.29 is 9.90 Å². The van der Waals surface area contributed by atoms with E-state index in [0.717, 1.165) is 11.1 Å². The van der Waals surface area contributed by atoms with Crippen LogP contribution < -0.4 is 11.1 Å². The van der Waals surface area contributed by atoms with Crippen LogP contribution in [-0.2, 0) is 16.6 Å². The van der Waals surface area contributed by atoms with Crippen molar-refractivity contribution in [3.05, 3.63) is 53.6 Å². The van der Waals surface area contributed by atoms with Gasteiger partial charge in [0.05, 0.1) is 12.1 Å². The molecular formula is C18H23ClN2O2. The maximum absolute atomic E-state index is 12.1. The summed E-state index contributed by atoms with van der Waals surface area (Å²) >= 11 is 0. The summed E-state index contributed by atoms with van der Waals surface area (Å²) in [5.41, 5.74) is 8.60. The lowest BCUT2D eigenvalue weighted by Crippen LogP contribution is -2.16. The van der Waals surface area contributed by atoms with Gasteiger partial charge in [0.2, 0.25) is 5.91 Å². The molecule has 4 nitrogen and oxygen atoms in total. The Morgan fingerprint density at radius 2 is 1.74 bits per heavy atom. The van der Waals surface area contributed by atoms with Crippen molar-refractivity contribution in [3.63, 3.8) is 0 Å². The van der Waals surface area contributed by atoms with Gasteiger partial charge in [-0.05, 0) is 40.8 Å². The molecule has 0 aliphatic heterocycles. The van der Waals surface area contributed by atoms with Crippen LogP contribution in [0.15, 0.2) is 42.5 Å². The van der Waals surface area contributed by atoms with Crippen LogP contribution in [0.5, 0.6) is 5.75 Å². The van der Waals surface area contributed by atoms with Gasteiger partial charge in [-0.25, -0.2) is 0 Å². The van der Waals surface area contributed by atoms with Gasteiger partial charge in [-0.1, -0.05) is 39.0 Å². The fourth-order valence-corrected chi connectivity index (χ4v) is 2.12. The molecule has 0 unspecified atom stereocenters. The van der Waals surface area contributed by atoms with E-state index in [0.29, 0.717) is 11.4 Å². The molecular weight excluding hydrogens is 312 g/mol. The molecule has 5 heteroatoms. The molecule has 23 heavy (non-hydrogen) atoms. The van der Waals surface area contributed by atoms with Crippen molar-refractivity contribution in [2.75, 3.05) is 11.1 Å². The zero-order valence-electron chi connectivity index (χ0n) is 13.6. The second kappa shape index (κ2) is 7.38. The number of aromatic hydroxyl groups is 1. The van der Waals surface area contributed by atoms with Crippen LogP contribution >= 0.6 is 12.4 Å². The first kappa shape index (κ1) is 18.8. The monoisotopic (exact) mass is 334 g/mol. The van der Waals surface area contributed by atoms with E-state index in [-0.39, 0.29) is 35.9 Å². The zero-order valence-corrected chi connectivity index (χ0v) is 14.4. The lowest BCUT2D eigenvalue weighted by Gasteiger charge is -2.20. The minimum absolute atomic E-state index is 0. The number of rotatable bonds is 3. The van der Waals surface area contributed by atoms with Gasteiger partial charge in [-0.2, -0.15) is 0 Å². The molecule has 2 aromatic carbocycles. The molecule has 0 bridgehead atoms. The summed E-state index contributed by atoms with van der Waals surface area (Å²) in [5, 5.41) is 12.7. The van der Waals surface area contributed by atoms with Crippen LogP contribution in [0.2, 0.25) is 0 Å². The summed E-state index contributed by atoms with van der Waals surface area (Å²) in [6.45, 7) is 6.25. The number of nitrogens with one attached hydrogen (secondary N) is 1. The predicted octanol–water partition coefficient (Wildman–Crippen LogP) is 3.87. The highest BCUT2D eigenvalue weighted by Crippen LogP contribution is 2.30.